The molecule has 46 heavy (non-hydrogen) atoms. The molecule has 0 aromatic carbocycles. The zero-order chi connectivity index (χ0) is 32.5. The van der Waals surface area contributed by atoms with Crippen LogP contribution in [0.1, 0.15) is 12.5 Å². The SMILES string of the molecule is [B][P@@]1(=O)OC[C@H]2O[C@@H](n3cnc4c(=O)[nH]c(N)nc43)[C@H](OS(=O)(=O)NC[C@H]3O[C@@H](n4cnc5c(N)ncnc54)[C@H](F)[C@@H]3O1)[C@@H]2CO. The number of H-pyrrole nitrogens is 1. The van der Waals surface area contributed by atoms with Crippen LogP contribution in [0.25, 0.3) is 22.3 Å². The molecular formula is C21H24BFN11O10PS. The van der Waals surface area contributed by atoms with Gasteiger partial charge in [-0.3, -0.25) is 23.5 Å². The van der Waals surface area contributed by atoms with E-state index < -0.39 is 92.1 Å². The van der Waals surface area contributed by atoms with E-state index in [1.807, 2.05) is 0 Å². The van der Waals surface area contributed by atoms with Crippen LogP contribution in [0, 0.1) is 5.92 Å². The number of nitrogens with two attached hydrogens (primary N) is 2. The summed E-state index contributed by atoms with van der Waals surface area (Å²) in [7, 11) is -3.48. The van der Waals surface area contributed by atoms with Gasteiger partial charge in [0.25, 0.3) is 13.0 Å². The lowest BCUT2D eigenvalue weighted by molar-refractivity contribution is -0.0460. The molecule has 3 saturated heterocycles. The summed E-state index contributed by atoms with van der Waals surface area (Å²) in [6.07, 6.45) is -7.42. The van der Waals surface area contributed by atoms with Gasteiger partial charge in [0.2, 0.25) is 13.5 Å². The van der Waals surface area contributed by atoms with Gasteiger partial charge in [0, 0.05) is 12.5 Å². The summed E-state index contributed by atoms with van der Waals surface area (Å²) < 4.78 is 88.6. The Morgan fingerprint density at radius 1 is 1.07 bits per heavy atom. The maximum atomic E-state index is 16.0. The molecule has 4 aromatic heterocycles. The monoisotopic (exact) mass is 683 g/mol. The van der Waals surface area contributed by atoms with Crippen LogP contribution in [0.15, 0.2) is 23.8 Å². The number of halogens is 1. The quantitative estimate of drug-likeness (QED) is 0.113. The largest absolute Gasteiger partial charge is 0.396 e. The molecule has 3 aliphatic heterocycles. The van der Waals surface area contributed by atoms with Crippen LogP contribution < -0.4 is 21.7 Å². The van der Waals surface area contributed by atoms with Crippen molar-refractivity contribution in [2.75, 3.05) is 31.2 Å². The first-order chi connectivity index (χ1) is 21.9. The van der Waals surface area contributed by atoms with Crippen LogP contribution in [-0.2, 0) is 37.6 Å². The molecule has 3 aliphatic rings. The fraction of sp³-hybridized carbons (Fsp3) is 0.524. The third-order valence-electron chi connectivity index (χ3n) is 7.75. The molecule has 3 fully saturated rings. The molecule has 0 amide bonds. The van der Waals surface area contributed by atoms with Crippen molar-refractivity contribution in [1.29, 1.82) is 0 Å². The van der Waals surface area contributed by atoms with Gasteiger partial charge in [-0.2, -0.15) is 18.1 Å². The number of alkyl halides is 1. The van der Waals surface area contributed by atoms with Crippen molar-refractivity contribution in [3.05, 3.63) is 29.3 Å². The molecule has 21 nitrogen and oxygen atoms in total. The van der Waals surface area contributed by atoms with Gasteiger partial charge in [-0.05, 0) is 0 Å². The molecule has 0 spiro atoms. The molecule has 7 heterocycles. The number of aromatic amines is 1. The molecule has 25 heteroatoms. The summed E-state index contributed by atoms with van der Waals surface area (Å²) >= 11 is 0. The normalized spacial score (nSPS) is 35.0. The highest BCUT2D eigenvalue weighted by Gasteiger charge is 2.53. The van der Waals surface area contributed by atoms with E-state index in [2.05, 4.69) is 34.6 Å². The van der Waals surface area contributed by atoms with Crippen molar-refractivity contribution >= 4 is 59.4 Å². The zero-order valence-electron chi connectivity index (χ0n) is 23.2. The summed E-state index contributed by atoms with van der Waals surface area (Å²) in [6, 6.07) is 0. The highest BCUT2D eigenvalue weighted by Crippen LogP contribution is 2.50. The number of fused-ring (bicyclic) bond motifs is 5. The number of hydrogen-bond donors (Lipinski definition) is 5. The van der Waals surface area contributed by atoms with Crippen LogP contribution in [0.2, 0.25) is 0 Å². The summed E-state index contributed by atoms with van der Waals surface area (Å²) in [4.78, 5) is 34.7. The third kappa shape index (κ3) is 5.34. The van der Waals surface area contributed by atoms with Gasteiger partial charge in [0.1, 0.15) is 30.2 Å². The molecule has 2 bridgehead atoms. The van der Waals surface area contributed by atoms with Crippen LogP contribution in [0.3, 0.4) is 0 Å². The fourth-order valence-corrected chi connectivity index (χ4v) is 7.62. The van der Waals surface area contributed by atoms with Crippen molar-refractivity contribution in [3.8, 4) is 0 Å². The van der Waals surface area contributed by atoms with E-state index in [1.165, 1.54) is 15.5 Å². The second kappa shape index (κ2) is 11.3. The Hall–Kier alpha value is -3.61. The number of nitrogen functional groups attached to an aromatic ring is 2. The average molecular weight is 683 g/mol. The first kappa shape index (κ1) is 31.0. The lowest BCUT2D eigenvalue weighted by atomic mass is 9.99. The van der Waals surface area contributed by atoms with Gasteiger partial charge >= 0.3 is 10.3 Å². The predicted molar refractivity (Wildman–Crippen MR) is 152 cm³/mol. The Morgan fingerprint density at radius 2 is 1.78 bits per heavy atom. The van der Waals surface area contributed by atoms with E-state index in [4.69, 9.17) is 41.7 Å². The smallest absolute Gasteiger partial charge is 0.336 e. The fourth-order valence-electron chi connectivity index (χ4n) is 5.64. The minimum atomic E-state index is -4.73. The second-order valence-corrected chi connectivity index (χ2v) is 13.5. The molecule has 4 aromatic rings. The van der Waals surface area contributed by atoms with E-state index in [1.54, 1.807) is 0 Å². The summed E-state index contributed by atoms with van der Waals surface area (Å²) in [5.41, 5.74) is 10.9. The third-order valence-corrected chi connectivity index (χ3v) is 9.79. The lowest BCUT2D eigenvalue weighted by Crippen LogP contribution is -2.43. The van der Waals surface area contributed by atoms with Crippen LogP contribution >= 0.6 is 7.47 Å². The Balaban J connectivity index is 1.22. The molecule has 2 radical (unpaired) electrons. The number of aliphatic hydroxyl groups excluding tert-OH is 1. The van der Waals surface area contributed by atoms with Gasteiger partial charge in [0.15, 0.2) is 41.3 Å². The molecule has 0 saturated carbocycles. The first-order valence-corrected chi connectivity index (χ1v) is 16.5. The van der Waals surface area contributed by atoms with E-state index in [0.29, 0.717) is 0 Å². The van der Waals surface area contributed by atoms with Gasteiger partial charge in [-0.15, -0.1) is 0 Å². The number of imidazole rings is 2. The van der Waals surface area contributed by atoms with E-state index >= 15 is 4.39 Å². The molecule has 0 unspecified atom stereocenters. The highest BCUT2D eigenvalue weighted by atomic mass is 32.2. The summed E-state index contributed by atoms with van der Waals surface area (Å²) in [6.45, 7) is -2.01. The number of anilines is 2. The van der Waals surface area contributed by atoms with Crippen molar-refractivity contribution in [1.82, 2.24) is 43.8 Å². The van der Waals surface area contributed by atoms with Crippen LogP contribution in [0.5, 0.6) is 0 Å². The molecule has 7 rings (SSSR count). The summed E-state index contributed by atoms with van der Waals surface area (Å²) in [5.74, 6) is -1.38. The number of ether oxygens (including phenoxy) is 2. The van der Waals surface area contributed by atoms with Crippen molar-refractivity contribution in [3.63, 3.8) is 0 Å². The molecule has 7 N–H and O–H groups in total. The topological polar surface area (TPSA) is 289 Å². The Kier molecular flexibility index (Phi) is 7.60. The minimum absolute atomic E-state index is 0.0202. The van der Waals surface area contributed by atoms with E-state index in [-0.39, 0.29) is 34.1 Å². The Labute approximate surface area is 257 Å². The Bertz CT molecular complexity index is 2030. The molecular weight excluding hydrogens is 659 g/mol. The second-order valence-electron chi connectivity index (χ2n) is 10.5. The van der Waals surface area contributed by atoms with Crippen molar-refractivity contribution in [2.24, 2.45) is 5.92 Å². The van der Waals surface area contributed by atoms with Crippen molar-refractivity contribution in [2.45, 2.75) is 43.0 Å². The lowest BCUT2D eigenvalue weighted by Gasteiger charge is -2.26. The molecule has 0 aliphatic carbocycles. The minimum Gasteiger partial charge on any atom is -0.396 e. The van der Waals surface area contributed by atoms with E-state index in [0.717, 1.165) is 12.7 Å². The number of hydrogen-bond acceptors (Lipinski definition) is 17. The predicted octanol–water partition coefficient (Wildman–Crippen LogP) is -2.22. The number of nitrogens with zero attached hydrogens (tertiary/aromatic N) is 7. The standard InChI is InChI=1S/C21H24BFN11O10PS/c22-45(37)40-3-9-7(2-35)13(20(42-9)34-6-29-12-17(34)31-21(25)32-18(12)36)44-46(38,39)30-1-8-14(43-45)10(23)19(41-8)33-5-28-11-15(24)26-4-27-16(11)33/h4-10,13-14,19-20,30,35H,1-3H2,(H2,24,26,27)(H3,25,31,32,36)/t7-,8-,9-,10-,13-,14-,19-,20-,45-/m1/s1. The number of rotatable bonds is 3. The maximum absolute atomic E-state index is 16.0. The maximum Gasteiger partial charge on any atom is 0.336 e. The summed E-state index contributed by atoms with van der Waals surface area (Å²) in [5, 5.41) is 10.3. The molecule has 244 valence electrons. The number of aliphatic hydroxyl groups is 1. The zero-order valence-corrected chi connectivity index (χ0v) is 24.9. The highest BCUT2D eigenvalue weighted by molar-refractivity contribution is 7.84. The molecule has 9 atom stereocenters. The number of aromatic nitrogens is 8. The van der Waals surface area contributed by atoms with Gasteiger partial charge in [-0.1, -0.05) is 0 Å². The van der Waals surface area contributed by atoms with Gasteiger partial charge in [-0.25, -0.2) is 28.5 Å². The van der Waals surface area contributed by atoms with Gasteiger partial charge in [0.05, 0.1) is 32.0 Å². The van der Waals surface area contributed by atoms with Crippen LogP contribution in [-0.4, -0.2) is 110 Å². The van der Waals surface area contributed by atoms with Gasteiger partial charge < -0.3 is 35.1 Å². The number of nitrogens with one attached hydrogen (secondary N) is 2. The average Bonchev–Trinajstić information content (AvgIpc) is 3.75. The van der Waals surface area contributed by atoms with Crippen molar-refractivity contribution < 1.29 is 45.2 Å². The Morgan fingerprint density at radius 3 is 2.54 bits per heavy atom. The van der Waals surface area contributed by atoms with E-state index in [9.17, 15) is 22.9 Å². The first-order valence-electron chi connectivity index (χ1n) is 13.5. The van der Waals surface area contributed by atoms with Crippen LogP contribution in [0.4, 0.5) is 16.2 Å².